The highest BCUT2D eigenvalue weighted by atomic mass is 35.5. The van der Waals surface area contributed by atoms with Gasteiger partial charge in [0.05, 0.1) is 5.02 Å². The molecular formula is C22H19ClFNO3. The van der Waals surface area contributed by atoms with Crippen LogP contribution in [0.3, 0.4) is 0 Å². The summed E-state index contributed by atoms with van der Waals surface area (Å²) in [7, 11) is 0. The molecule has 0 aliphatic carbocycles. The van der Waals surface area contributed by atoms with E-state index in [2.05, 4.69) is 5.32 Å². The first-order chi connectivity index (χ1) is 13.7. The summed E-state index contributed by atoms with van der Waals surface area (Å²) in [5.74, 6) is 1.96. The maximum atomic E-state index is 13.2. The summed E-state index contributed by atoms with van der Waals surface area (Å²) in [5.41, 5.74) is 2.88. The zero-order valence-corrected chi connectivity index (χ0v) is 15.8. The van der Waals surface area contributed by atoms with E-state index in [4.69, 9.17) is 25.8 Å². The van der Waals surface area contributed by atoms with Crippen molar-refractivity contribution in [1.82, 2.24) is 5.32 Å². The first kappa shape index (κ1) is 18.6. The van der Waals surface area contributed by atoms with Gasteiger partial charge in [0, 0.05) is 24.2 Å². The zero-order chi connectivity index (χ0) is 19.3. The van der Waals surface area contributed by atoms with Crippen LogP contribution >= 0.6 is 11.6 Å². The number of nitrogens with one attached hydrogen (secondary N) is 1. The van der Waals surface area contributed by atoms with Gasteiger partial charge >= 0.3 is 0 Å². The quantitative estimate of drug-likeness (QED) is 0.601. The minimum atomic E-state index is -0.359. The number of hydrogen-bond acceptors (Lipinski definition) is 4. The topological polar surface area (TPSA) is 39.7 Å². The molecule has 1 N–H and O–H groups in total. The van der Waals surface area contributed by atoms with Crippen molar-refractivity contribution >= 4 is 11.6 Å². The Labute approximate surface area is 167 Å². The fourth-order valence-corrected chi connectivity index (χ4v) is 3.20. The fraction of sp³-hybridized carbons (Fsp3) is 0.182. The van der Waals surface area contributed by atoms with Crippen molar-refractivity contribution in [3.63, 3.8) is 0 Å². The molecule has 6 heteroatoms. The van der Waals surface area contributed by atoms with E-state index in [9.17, 15) is 4.39 Å². The number of ether oxygens (including phenoxy) is 3. The van der Waals surface area contributed by atoms with Crippen LogP contribution in [0.25, 0.3) is 0 Å². The average Bonchev–Trinajstić information content (AvgIpc) is 3.16. The molecule has 0 aromatic heterocycles. The van der Waals surface area contributed by atoms with Crippen LogP contribution < -0.4 is 19.5 Å². The van der Waals surface area contributed by atoms with Gasteiger partial charge in [-0.1, -0.05) is 41.9 Å². The molecule has 0 unspecified atom stereocenters. The minimum absolute atomic E-state index is 0.273. The average molecular weight is 400 g/mol. The lowest BCUT2D eigenvalue weighted by molar-refractivity contribution is 0.174. The molecule has 144 valence electrons. The van der Waals surface area contributed by atoms with Gasteiger partial charge in [-0.2, -0.15) is 0 Å². The molecule has 0 bridgehead atoms. The molecule has 3 aromatic rings. The van der Waals surface area contributed by atoms with Crippen LogP contribution in [0.15, 0.2) is 60.7 Å². The van der Waals surface area contributed by atoms with Crippen molar-refractivity contribution in [3.8, 4) is 17.2 Å². The molecule has 0 fully saturated rings. The number of fused-ring (bicyclic) bond motifs is 1. The summed E-state index contributed by atoms with van der Waals surface area (Å²) >= 11 is 6.08. The predicted octanol–water partition coefficient (Wildman–Crippen LogP) is 5.08. The Kier molecular flexibility index (Phi) is 5.65. The van der Waals surface area contributed by atoms with E-state index < -0.39 is 0 Å². The molecule has 1 heterocycles. The van der Waals surface area contributed by atoms with Gasteiger partial charge in [0.2, 0.25) is 6.79 Å². The van der Waals surface area contributed by atoms with Gasteiger partial charge in [-0.05, 0) is 35.9 Å². The smallest absolute Gasteiger partial charge is 0.231 e. The van der Waals surface area contributed by atoms with E-state index in [0.717, 1.165) is 33.9 Å². The molecule has 4 rings (SSSR count). The molecular weight excluding hydrogens is 381 g/mol. The molecule has 28 heavy (non-hydrogen) atoms. The number of para-hydroxylation sites is 1. The summed E-state index contributed by atoms with van der Waals surface area (Å²) in [6.45, 7) is 1.88. The number of rotatable bonds is 7. The van der Waals surface area contributed by atoms with Crippen LogP contribution in [0.1, 0.15) is 16.7 Å². The van der Waals surface area contributed by atoms with Crippen LogP contribution in [-0.2, 0) is 19.7 Å². The van der Waals surface area contributed by atoms with Gasteiger partial charge in [0.15, 0.2) is 11.5 Å². The van der Waals surface area contributed by atoms with Crippen LogP contribution in [0.2, 0.25) is 5.02 Å². The fourth-order valence-electron chi connectivity index (χ4n) is 2.98. The second-order valence-electron chi connectivity index (χ2n) is 6.42. The normalized spacial score (nSPS) is 12.2. The van der Waals surface area contributed by atoms with Crippen LogP contribution in [0.4, 0.5) is 4.39 Å². The molecule has 0 saturated heterocycles. The Balaban J connectivity index is 1.36. The van der Waals surface area contributed by atoms with Crippen LogP contribution in [-0.4, -0.2) is 6.79 Å². The third-order valence-corrected chi connectivity index (χ3v) is 4.80. The van der Waals surface area contributed by atoms with Crippen LogP contribution in [0, 0.1) is 5.82 Å². The van der Waals surface area contributed by atoms with Crippen molar-refractivity contribution in [1.29, 1.82) is 0 Å². The lowest BCUT2D eigenvalue weighted by Gasteiger charge is -2.13. The molecule has 3 aromatic carbocycles. The largest absolute Gasteiger partial charge is 0.489 e. The molecule has 0 radical (unpaired) electrons. The summed E-state index contributed by atoms with van der Waals surface area (Å²) in [4.78, 5) is 0. The monoisotopic (exact) mass is 399 g/mol. The Morgan fingerprint density at radius 1 is 0.929 bits per heavy atom. The highest BCUT2D eigenvalue weighted by Crippen LogP contribution is 2.32. The first-order valence-electron chi connectivity index (χ1n) is 8.93. The van der Waals surface area contributed by atoms with Crippen molar-refractivity contribution in [2.45, 2.75) is 19.7 Å². The summed E-state index contributed by atoms with van der Waals surface area (Å²) in [6.07, 6.45) is 0. The molecule has 0 amide bonds. The van der Waals surface area contributed by atoms with E-state index in [0.29, 0.717) is 18.1 Å². The highest BCUT2D eigenvalue weighted by Gasteiger charge is 2.13. The maximum Gasteiger partial charge on any atom is 0.231 e. The molecule has 0 atom stereocenters. The predicted molar refractivity (Wildman–Crippen MR) is 105 cm³/mol. The number of benzene rings is 3. The van der Waals surface area contributed by atoms with E-state index in [1.165, 1.54) is 12.1 Å². The number of hydrogen-bond donors (Lipinski definition) is 1. The second-order valence-corrected chi connectivity index (χ2v) is 6.83. The standard InChI is InChI=1S/C22H19ClFNO3/c23-19-10-18(24)7-6-17(19)13-26-20-4-2-1-3-16(20)12-25-11-15-5-8-21-22(9-15)28-14-27-21/h1-10,25H,11-14H2. The SMILES string of the molecule is Fc1ccc(COc2ccccc2CNCc2ccc3c(c2)OCO3)c(Cl)c1. The van der Waals surface area contributed by atoms with Gasteiger partial charge in [-0.3, -0.25) is 0 Å². The van der Waals surface area contributed by atoms with Crippen molar-refractivity contribution in [2.75, 3.05) is 6.79 Å². The van der Waals surface area contributed by atoms with Crippen LogP contribution in [0.5, 0.6) is 17.2 Å². The number of halogens is 2. The third kappa shape index (κ3) is 4.38. The van der Waals surface area contributed by atoms with Gasteiger partial charge in [-0.15, -0.1) is 0 Å². The maximum absolute atomic E-state index is 13.2. The van der Waals surface area contributed by atoms with E-state index in [1.54, 1.807) is 6.07 Å². The van der Waals surface area contributed by atoms with Gasteiger partial charge in [0.1, 0.15) is 18.2 Å². The molecule has 0 spiro atoms. The lowest BCUT2D eigenvalue weighted by atomic mass is 10.1. The highest BCUT2D eigenvalue weighted by molar-refractivity contribution is 6.31. The van der Waals surface area contributed by atoms with E-state index in [1.807, 2.05) is 42.5 Å². The summed E-state index contributed by atoms with van der Waals surface area (Å²) in [6, 6.07) is 18.0. The molecule has 1 aliphatic heterocycles. The first-order valence-corrected chi connectivity index (χ1v) is 9.31. The van der Waals surface area contributed by atoms with Gasteiger partial charge in [-0.25, -0.2) is 4.39 Å². The second kappa shape index (κ2) is 8.50. The Hall–Kier alpha value is -2.76. The van der Waals surface area contributed by atoms with E-state index in [-0.39, 0.29) is 19.2 Å². The zero-order valence-electron chi connectivity index (χ0n) is 15.1. The molecule has 1 aliphatic rings. The Bertz CT molecular complexity index is 980. The third-order valence-electron chi connectivity index (χ3n) is 4.45. The molecule has 0 saturated carbocycles. The van der Waals surface area contributed by atoms with Crippen molar-refractivity contribution < 1.29 is 18.6 Å². The molecule has 4 nitrogen and oxygen atoms in total. The summed E-state index contributed by atoms with van der Waals surface area (Å²) in [5, 5.41) is 3.77. The van der Waals surface area contributed by atoms with Crippen molar-refractivity contribution in [3.05, 3.63) is 88.2 Å². The minimum Gasteiger partial charge on any atom is -0.489 e. The summed E-state index contributed by atoms with van der Waals surface area (Å²) < 4.78 is 29.8. The van der Waals surface area contributed by atoms with Gasteiger partial charge < -0.3 is 19.5 Å². The van der Waals surface area contributed by atoms with Crippen molar-refractivity contribution in [2.24, 2.45) is 0 Å². The lowest BCUT2D eigenvalue weighted by Crippen LogP contribution is -2.13. The van der Waals surface area contributed by atoms with Gasteiger partial charge in [0.25, 0.3) is 0 Å². The Morgan fingerprint density at radius 3 is 2.68 bits per heavy atom. The van der Waals surface area contributed by atoms with E-state index >= 15 is 0 Å². The Morgan fingerprint density at radius 2 is 1.79 bits per heavy atom.